The molecule has 10 heavy (non-hydrogen) atoms. The topological polar surface area (TPSA) is 20.3 Å². The van der Waals surface area contributed by atoms with Crippen LogP contribution in [-0.2, 0) is 4.79 Å². The van der Waals surface area contributed by atoms with E-state index in [0.29, 0.717) is 6.42 Å². The summed E-state index contributed by atoms with van der Waals surface area (Å²) in [5.41, 5.74) is 0. The van der Waals surface area contributed by atoms with Crippen molar-refractivity contribution in [1.29, 1.82) is 0 Å². The molecule has 0 aliphatic rings. The first kappa shape index (κ1) is 12.8. The number of carbonyl (C=O) groups is 1. The van der Waals surface area contributed by atoms with Crippen LogP contribution in [0.5, 0.6) is 0 Å². The minimum absolute atomic E-state index is 0. The zero-order valence-electron chi connectivity index (χ0n) is 6.67. The lowest BCUT2D eigenvalue weighted by Crippen LogP contribution is -2.12. The third-order valence-corrected chi connectivity index (χ3v) is 1.18. The largest absolute Gasteiger partial charge is 0.309 e. The van der Waals surface area contributed by atoms with Crippen molar-refractivity contribution in [1.82, 2.24) is 4.90 Å². The lowest BCUT2D eigenvalue weighted by molar-refractivity contribution is -0.107. The zero-order chi connectivity index (χ0) is 7.11. The van der Waals surface area contributed by atoms with E-state index in [-0.39, 0.29) is 17.0 Å². The van der Waals surface area contributed by atoms with Crippen LogP contribution in [0.2, 0.25) is 0 Å². The standard InChI is InChI=1S/C7H15NO.BrH/c1-8(2)6-4-3-5-7-9;/h7H,3-6H2,1-2H3;1H. The molecular formula is C7H16BrNO. The van der Waals surface area contributed by atoms with Crippen LogP contribution in [0, 0.1) is 0 Å². The molecule has 0 aromatic carbocycles. The summed E-state index contributed by atoms with van der Waals surface area (Å²) in [6, 6.07) is 0. The van der Waals surface area contributed by atoms with Crippen molar-refractivity contribution < 1.29 is 4.79 Å². The number of unbranched alkanes of at least 4 members (excludes halogenated alkanes) is 2. The molecule has 0 aliphatic carbocycles. The summed E-state index contributed by atoms with van der Waals surface area (Å²) in [5, 5.41) is 0. The molecule has 0 amide bonds. The van der Waals surface area contributed by atoms with Crippen molar-refractivity contribution in [3.8, 4) is 0 Å². The molecule has 0 saturated heterocycles. The van der Waals surface area contributed by atoms with Crippen LogP contribution >= 0.6 is 17.0 Å². The van der Waals surface area contributed by atoms with E-state index in [2.05, 4.69) is 4.90 Å². The minimum Gasteiger partial charge on any atom is -0.309 e. The van der Waals surface area contributed by atoms with Gasteiger partial charge in [0.05, 0.1) is 0 Å². The molecule has 0 aromatic heterocycles. The van der Waals surface area contributed by atoms with Gasteiger partial charge in [-0.1, -0.05) is 0 Å². The lowest BCUT2D eigenvalue weighted by Gasteiger charge is -2.06. The van der Waals surface area contributed by atoms with Gasteiger partial charge in [0, 0.05) is 6.42 Å². The minimum atomic E-state index is 0. The van der Waals surface area contributed by atoms with Crippen molar-refractivity contribution in [2.24, 2.45) is 0 Å². The molecule has 62 valence electrons. The number of halogens is 1. The fourth-order valence-corrected chi connectivity index (χ4v) is 0.656. The maximum atomic E-state index is 9.84. The molecular weight excluding hydrogens is 194 g/mol. The first-order chi connectivity index (χ1) is 4.27. The van der Waals surface area contributed by atoms with Crippen molar-refractivity contribution in [2.45, 2.75) is 19.3 Å². The summed E-state index contributed by atoms with van der Waals surface area (Å²) in [5.74, 6) is 0. The highest BCUT2D eigenvalue weighted by molar-refractivity contribution is 8.93. The molecule has 0 bridgehead atoms. The quantitative estimate of drug-likeness (QED) is 0.506. The summed E-state index contributed by atoms with van der Waals surface area (Å²) in [7, 11) is 4.09. The van der Waals surface area contributed by atoms with Gasteiger partial charge in [-0.3, -0.25) is 0 Å². The number of aldehydes is 1. The van der Waals surface area contributed by atoms with Gasteiger partial charge in [-0.15, -0.1) is 17.0 Å². The molecule has 3 heteroatoms. The second-order valence-corrected chi connectivity index (χ2v) is 2.47. The molecule has 0 unspecified atom stereocenters. The molecule has 0 spiro atoms. The summed E-state index contributed by atoms with van der Waals surface area (Å²) in [6.45, 7) is 1.09. The number of hydrogen-bond acceptors (Lipinski definition) is 2. The molecule has 0 atom stereocenters. The maximum absolute atomic E-state index is 9.84. The molecule has 0 fully saturated rings. The Morgan fingerprint density at radius 2 is 1.90 bits per heavy atom. The van der Waals surface area contributed by atoms with Gasteiger partial charge in [0.25, 0.3) is 0 Å². The average molecular weight is 210 g/mol. The molecule has 0 saturated carbocycles. The SMILES string of the molecule is Br.CN(C)CCCCC=O. The van der Waals surface area contributed by atoms with Crippen molar-refractivity contribution in [2.75, 3.05) is 20.6 Å². The Morgan fingerprint density at radius 1 is 1.30 bits per heavy atom. The first-order valence-corrected chi connectivity index (χ1v) is 3.35. The Bertz CT molecular complexity index is 76.0. The van der Waals surface area contributed by atoms with Gasteiger partial charge in [0.2, 0.25) is 0 Å². The summed E-state index contributed by atoms with van der Waals surface area (Å²) in [6.07, 6.45) is 3.86. The zero-order valence-corrected chi connectivity index (χ0v) is 8.38. The number of hydrogen-bond donors (Lipinski definition) is 0. The maximum Gasteiger partial charge on any atom is 0.119 e. The van der Waals surface area contributed by atoms with Crippen LogP contribution < -0.4 is 0 Å². The van der Waals surface area contributed by atoms with E-state index in [9.17, 15) is 4.79 Å². The molecule has 0 rings (SSSR count). The highest BCUT2D eigenvalue weighted by atomic mass is 79.9. The second kappa shape index (κ2) is 9.11. The van der Waals surface area contributed by atoms with Crippen LogP contribution in [0.4, 0.5) is 0 Å². The van der Waals surface area contributed by atoms with E-state index in [1.807, 2.05) is 14.1 Å². The molecule has 0 radical (unpaired) electrons. The van der Waals surface area contributed by atoms with Gasteiger partial charge in [-0.25, -0.2) is 0 Å². The smallest absolute Gasteiger partial charge is 0.119 e. The monoisotopic (exact) mass is 209 g/mol. The van der Waals surface area contributed by atoms with Crippen molar-refractivity contribution >= 4 is 23.3 Å². The molecule has 0 aliphatic heterocycles. The highest BCUT2D eigenvalue weighted by Crippen LogP contribution is 1.92. The van der Waals surface area contributed by atoms with Crippen LogP contribution in [0.3, 0.4) is 0 Å². The molecule has 2 nitrogen and oxygen atoms in total. The highest BCUT2D eigenvalue weighted by Gasteiger charge is 1.88. The predicted molar refractivity (Wildman–Crippen MR) is 48.8 cm³/mol. The lowest BCUT2D eigenvalue weighted by atomic mass is 10.2. The van der Waals surface area contributed by atoms with Gasteiger partial charge < -0.3 is 9.69 Å². The summed E-state index contributed by atoms with van der Waals surface area (Å²) < 4.78 is 0. The second-order valence-electron chi connectivity index (χ2n) is 2.47. The normalized spacial score (nSPS) is 9.10. The van der Waals surface area contributed by atoms with Gasteiger partial charge >= 0.3 is 0 Å². The Balaban J connectivity index is 0. The Morgan fingerprint density at radius 3 is 2.30 bits per heavy atom. The van der Waals surface area contributed by atoms with Crippen LogP contribution in [-0.4, -0.2) is 31.8 Å². The van der Waals surface area contributed by atoms with Crippen LogP contribution in [0.1, 0.15) is 19.3 Å². The first-order valence-electron chi connectivity index (χ1n) is 3.35. The van der Waals surface area contributed by atoms with E-state index in [1.165, 1.54) is 0 Å². The molecule has 0 aromatic rings. The number of rotatable bonds is 5. The van der Waals surface area contributed by atoms with Gasteiger partial charge in [-0.05, 0) is 33.5 Å². The fourth-order valence-electron chi connectivity index (χ4n) is 0.656. The van der Waals surface area contributed by atoms with E-state index < -0.39 is 0 Å². The Kier molecular flexibility index (Phi) is 11.6. The van der Waals surface area contributed by atoms with Gasteiger partial charge in [0.1, 0.15) is 6.29 Å². The van der Waals surface area contributed by atoms with E-state index in [1.54, 1.807) is 0 Å². The molecule has 0 heterocycles. The van der Waals surface area contributed by atoms with Gasteiger partial charge in [-0.2, -0.15) is 0 Å². The Hall–Kier alpha value is 0.110. The van der Waals surface area contributed by atoms with E-state index in [4.69, 9.17) is 0 Å². The van der Waals surface area contributed by atoms with Crippen molar-refractivity contribution in [3.05, 3.63) is 0 Å². The summed E-state index contributed by atoms with van der Waals surface area (Å²) >= 11 is 0. The van der Waals surface area contributed by atoms with E-state index >= 15 is 0 Å². The molecule has 0 N–H and O–H groups in total. The van der Waals surface area contributed by atoms with Crippen LogP contribution in [0.15, 0.2) is 0 Å². The van der Waals surface area contributed by atoms with Gasteiger partial charge in [0.15, 0.2) is 0 Å². The van der Waals surface area contributed by atoms with E-state index in [0.717, 1.165) is 25.7 Å². The average Bonchev–Trinajstić information content (AvgIpc) is 1.80. The van der Waals surface area contributed by atoms with Crippen molar-refractivity contribution in [3.63, 3.8) is 0 Å². The predicted octanol–water partition coefficient (Wildman–Crippen LogP) is 1.50. The third-order valence-electron chi connectivity index (χ3n) is 1.18. The number of carbonyl (C=O) groups excluding carboxylic acids is 1. The number of nitrogens with zero attached hydrogens (tertiary/aromatic N) is 1. The van der Waals surface area contributed by atoms with Crippen LogP contribution in [0.25, 0.3) is 0 Å². The fraction of sp³-hybridized carbons (Fsp3) is 0.857. The Labute approximate surface area is 73.4 Å². The summed E-state index contributed by atoms with van der Waals surface area (Å²) in [4.78, 5) is 12.0. The third kappa shape index (κ3) is 11.0.